The van der Waals surface area contributed by atoms with Crippen molar-refractivity contribution in [1.82, 2.24) is 9.88 Å². The van der Waals surface area contributed by atoms with E-state index in [9.17, 15) is 18.0 Å². The predicted molar refractivity (Wildman–Crippen MR) is 114 cm³/mol. The number of aromatic nitrogens is 1. The lowest BCUT2D eigenvalue weighted by Crippen LogP contribution is -2.36. The normalized spacial score (nSPS) is 11.4. The van der Waals surface area contributed by atoms with Crippen LogP contribution < -0.4 is 15.8 Å². The Balaban J connectivity index is 1.97. The molecule has 0 radical (unpaired) electrons. The Labute approximate surface area is 177 Å². The van der Waals surface area contributed by atoms with Crippen LogP contribution >= 0.6 is 15.9 Å². The third kappa shape index (κ3) is 6.89. The van der Waals surface area contributed by atoms with Crippen LogP contribution in [0, 0.1) is 13.8 Å². The van der Waals surface area contributed by atoms with Crippen molar-refractivity contribution in [2.45, 2.75) is 18.7 Å². The number of carbonyl (C=O) groups is 2. The summed E-state index contributed by atoms with van der Waals surface area (Å²) < 4.78 is 24.0. The summed E-state index contributed by atoms with van der Waals surface area (Å²) in [7, 11) is -2.28. The molecule has 29 heavy (non-hydrogen) atoms. The summed E-state index contributed by atoms with van der Waals surface area (Å²) in [6, 6.07) is 6.17. The zero-order valence-electron chi connectivity index (χ0n) is 16.2. The molecule has 1 aromatic carbocycles. The van der Waals surface area contributed by atoms with Crippen molar-refractivity contribution in [3.05, 3.63) is 46.1 Å². The van der Waals surface area contributed by atoms with E-state index < -0.39 is 15.9 Å². The van der Waals surface area contributed by atoms with Crippen LogP contribution in [0.1, 0.15) is 11.1 Å². The van der Waals surface area contributed by atoms with E-state index in [0.29, 0.717) is 17.1 Å². The quantitative estimate of drug-likeness (QED) is 0.547. The molecule has 1 heterocycles. The number of sulfonamides is 1. The Hall–Kier alpha value is -2.34. The molecule has 0 saturated carbocycles. The highest BCUT2D eigenvalue weighted by molar-refractivity contribution is 9.10. The zero-order chi connectivity index (χ0) is 21.8. The van der Waals surface area contributed by atoms with Gasteiger partial charge in [0.25, 0.3) is 0 Å². The molecule has 0 aliphatic carbocycles. The van der Waals surface area contributed by atoms with Crippen LogP contribution in [0.5, 0.6) is 0 Å². The van der Waals surface area contributed by atoms with Crippen molar-refractivity contribution in [2.75, 3.05) is 30.8 Å². The Morgan fingerprint density at radius 1 is 1.14 bits per heavy atom. The van der Waals surface area contributed by atoms with Crippen LogP contribution in [-0.2, 0) is 19.6 Å². The lowest BCUT2D eigenvalue weighted by Gasteiger charge is -2.17. The van der Waals surface area contributed by atoms with Crippen LogP contribution in [0.4, 0.5) is 11.5 Å². The molecule has 2 rings (SSSR count). The Morgan fingerprint density at radius 3 is 2.31 bits per heavy atom. The van der Waals surface area contributed by atoms with E-state index in [1.165, 1.54) is 17.0 Å². The SMILES string of the molecule is Cc1cc(S(N)(=O)=O)cc(NC(=O)CN(C)CC(=O)Nc2ccc(Br)cn2)c1C. The van der Waals surface area contributed by atoms with Gasteiger partial charge in [0.1, 0.15) is 5.82 Å². The molecule has 156 valence electrons. The minimum Gasteiger partial charge on any atom is -0.325 e. The van der Waals surface area contributed by atoms with Crippen molar-refractivity contribution in [1.29, 1.82) is 0 Å². The summed E-state index contributed by atoms with van der Waals surface area (Å²) in [6.45, 7) is 3.40. The maximum absolute atomic E-state index is 12.3. The van der Waals surface area contributed by atoms with E-state index in [2.05, 4.69) is 31.5 Å². The maximum atomic E-state index is 12.3. The summed E-state index contributed by atoms with van der Waals surface area (Å²) in [5.41, 5.74) is 1.77. The average Bonchev–Trinajstić information content (AvgIpc) is 2.59. The van der Waals surface area contributed by atoms with Gasteiger partial charge in [0.05, 0.1) is 18.0 Å². The molecule has 4 N–H and O–H groups in total. The van der Waals surface area contributed by atoms with Gasteiger partial charge in [-0.15, -0.1) is 0 Å². The zero-order valence-corrected chi connectivity index (χ0v) is 18.6. The Bertz CT molecular complexity index is 1030. The molecular weight excluding hydrogens is 462 g/mol. The molecule has 9 nitrogen and oxygen atoms in total. The Morgan fingerprint density at radius 2 is 1.76 bits per heavy atom. The molecule has 0 fully saturated rings. The van der Waals surface area contributed by atoms with Gasteiger partial charge in [0.15, 0.2) is 0 Å². The highest BCUT2D eigenvalue weighted by atomic mass is 79.9. The van der Waals surface area contributed by atoms with Gasteiger partial charge in [0, 0.05) is 16.4 Å². The van der Waals surface area contributed by atoms with Gasteiger partial charge in [0.2, 0.25) is 21.8 Å². The summed E-state index contributed by atoms with van der Waals surface area (Å²) in [5.74, 6) is -0.309. The van der Waals surface area contributed by atoms with Gasteiger partial charge < -0.3 is 10.6 Å². The number of carbonyl (C=O) groups excluding carboxylic acids is 2. The van der Waals surface area contributed by atoms with E-state index in [1.807, 2.05) is 0 Å². The number of nitrogens with two attached hydrogens (primary N) is 1. The third-order valence-electron chi connectivity index (χ3n) is 4.07. The molecular formula is C18H22BrN5O4S. The summed E-state index contributed by atoms with van der Waals surface area (Å²) in [6.07, 6.45) is 1.56. The van der Waals surface area contributed by atoms with E-state index in [-0.39, 0.29) is 23.9 Å². The first-order valence-corrected chi connectivity index (χ1v) is 10.8. The van der Waals surface area contributed by atoms with Crippen molar-refractivity contribution in [2.24, 2.45) is 5.14 Å². The van der Waals surface area contributed by atoms with Crippen molar-refractivity contribution in [3.63, 3.8) is 0 Å². The molecule has 0 aliphatic rings. The number of pyridine rings is 1. The van der Waals surface area contributed by atoms with Gasteiger partial charge in [-0.05, 0) is 72.2 Å². The third-order valence-corrected chi connectivity index (χ3v) is 5.43. The van der Waals surface area contributed by atoms with Crippen LogP contribution in [0.3, 0.4) is 0 Å². The van der Waals surface area contributed by atoms with Gasteiger partial charge in [-0.3, -0.25) is 14.5 Å². The topological polar surface area (TPSA) is 134 Å². The minimum atomic E-state index is -3.90. The molecule has 2 aromatic rings. The number of amides is 2. The van der Waals surface area contributed by atoms with E-state index in [0.717, 1.165) is 10.0 Å². The number of hydrogen-bond donors (Lipinski definition) is 3. The monoisotopic (exact) mass is 483 g/mol. The smallest absolute Gasteiger partial charge is 0.239 e. The number of primary sulfonamides is 1. The predicted octanol–water partition coefficient (Wildman–Crippen LogP) is 1.62. The second-order valence-corrected chi connectivity index (χ2v) is 9.07. The fourth-order valence-corrected chi connectivity index (χ4v) is 3.35. The van der Waals surface area contributed by atoms with Crippen molar-refractivity contribution >= 4 is 49.3 Å². The maximum Gasteiger partial charge on any atom is 0.239 e. The minimum absolute atomic E-state index is 0.0274. The van der Waals surface area contributed by atoms with Gasteiger partial charge in [-0.2, -0.15) is 0 Å². The number of likely N-dealkylation sites (N-methyl/N-ethyl adjacent to an activating group) is 1. The lowest BCUT2D eigenvalue weighted by atomic mass is 10.1. The highest BCUT2D eigenvalue weighted by Crippen LogP contribution is 2.23. The number of anilines is 2. The largest absolute Gasteiger partial charge is 0.325 e. The highest BCUT2D eigenvalue weighted by Gasteiger charge is 2.16. The van der Waals surface area contributed by atoms with E-state index >= 15 is 0 Å². The van der Waals surface area contributed by atoms with E-state index in [1.54, 1.807) is 39.2 Å². The molecule has 0 spiro atoms. The summed E-state index contributed by atoms with van der Waals surface area (Å²) in [4.78, 5) is 29.9. The number of nitrogens with one attached hydrogen (secondary N) is 2. The fraction of sp³-hybridized carbons (Fsp3) is 0.278. The molecule has 0 saturated heterocycles. The Kier molecular flexibility index (Phi) is 7.47. The molecule has 11 heteroatoms. The first kappa shape index (κ1) is 22.9. The second kappa shape index (κ2) is 9.44. The van der Waals surface area contributed by atoms with Crippen LogP contribution in [-0.4, -0.2) is 50.3 Å². The molecule has 1 aromatic heterocycles. The number of rotatable bonds is 7. The number of hydrogen-bond acceptors (Lipinski definition) is 6. The number of benzene rings is 1. The molecule has 0 bridgehead atoms. The lowest BCUT2D eigenvalue weighted by molar-refractivity contribution is -0.119. The summed E-state index contributed by atoms with van der Waals surface area (Å²) in [5, 5.41) is 10.5. The van der Waals surface area contributed by atoms with Crippen LogP contribution in [0.25, 0.3) is 0 Å². The first-order chi connectivity index (χ1) is 13.5. The molecule has 0 aliphatic heterocycles. The molecule has 0 unspecified atom stereocenters. The van der Waals surface area contributed by atoms with Gasteiger partial charge in [-0.25, -0.2) is 18.5 Å². The van der Waals surface area contributed by atoms with Crippen LogP contribution in [0.15, 0.2) is 39.8 Å². The van der Waals surface area contributed by atoms with Gasteiger partial charge >= 0.3 is 0 Å². The standard InChI is InChI=1S/C18H22BrN5O4S/c1-11-6-14(29(20,27)28)7-15(12(11)2)22-17(25)9-24(3)10-18(26)23-16-5-4-13(19)8-21-16/h4-8H,9-10H2,1-3H3,(H,22,25)(H2,20,27,28)(H,21,23,26). The number of halogens is 1. The summed E-state index contributed by atoms with van der Waals surface area (Å²) >= 11 is 3.26. The van der Waals surface area contributed by atoms with Crippen molar-refractivity contribution < 1.29 is 18.0 Å². The number of aryl methyl sites for hydroxylation is 1. The average molecular weight is 484 g/mol. The number of nitrogens with zero attached hydrogens (tertiary/aromatic N) is 2. The second-order valence-electron chi connectivity index (χ2n) is 6.59. The molecule has 2 amide bonds. The van der Waals surface area contributed by atoms with Crippen LogP contribution in [0.2, 0.25) is 0 Å². The van der Waals surface area contributed by atoms with Crippen molar-refractivity contribution in [3.8, 4) is 0 Å². The van der Waals surface area contributed by atoms with Gasteiger partial charge in [-0.1, -0.05) is 0 Å². The first-order valence-electron chi connectivity index (χ1n) is 8.49. The fourth-order valence-electron chi connectivity index (χ4n) is 2.49. The molecule has 0 atom stereocenters. The van der Waals surface area contributed by atoms with E-state index in [4.69, 9.17) is 5.14 Å².